The highest BCUT2D eigenvalue weighted by Gasteiger charge is 2.21. The van der Waals surface area contributed by atoms with Crippen LogP contribution in [0.4, 0.5) is 13.2 Å². The zero-order valence-electron chi connectivity index (χ0n) is 11.3. The highest BCUT2D eigenvalue weighted by Crippen LogP contribution is 2.24. The van der Waals surface area contributed by atoms with Crippen molar-refractivity contribution in [2.24, 2.45) is 7.05 Å². The third-order valence-electron chi connectivity index (χ3n) is 3.07. The van der Waals surface area contributed by atoms with Crippen LogP contribution >= 0.6 is 0 Å². The fourth-order valence-electron chi connectivity index (χ4n) is 2.13. The SMILES string of the molecule is CCNC(Cc1ccn(C)n1)c1ccc(F)c(F)c1F. The van der Waals surface area contributed by atoms with E-state index >= 15 is 0 Å². The van der Waals surface area contributed by atoms with Crippen LogP contribution in [0.15, 0.2) is 24.4 Å². The molecule has 0 saturated heterocycles. The van der Waals surface area contributed by atoms with E-state index in [1.165, 1.54) is 6.07 Å². The van der Waals surface area contributed by atoms with E-state index in [1.54, 1.807) is 17.9 Å². The third kappa shape index (κ3) is 3.01. The standard InChI is InChI=1S/C14H16F3N3/c1-3-18-12(8-9-6-7-20(2)19-9)10-4-5-11(15)14(17)13(10)16/h4-7,12,18H,3,8H2,1-2H3. The Morgan fingerprint density at radius 1 is 1.20 bits per heavy atom. The second kappa shape index (κ2) is 6.09. The Labute approximate surface area is 115 Å². The van der Waals surface area contributed by atoms with Crippen molar-refractivity contribution in [2.75, 3.05) is 6.54 Å². The monoisotopic (exact) mass is 283 g/mol. The number of aryl methyl sites for hydroxylation is 1. The summed E-state index contributed by atoms with van der Waals surface area (Å²) in [6.07, 6.45) is 2.18. The van der Waals surface area contributed by atoms with Gasteiger partial charge in [0.2, 0.25) is 0 Å². The van der Waals surface area contributed by atoms with Crippen molar-refractivity contribution < 1.29 is 13.2 Å². The molecule has 2 rings (SSSR count). The van der Waals surface area contributed by atoms with Gasteiger partial charge in [-0.3, -0.25) is 4.68 Å². The molecule has 2 aromatic rings. The van der Waals surface area contributed by atoms with Crippen LogP contribution in [0.25, 0.3) is 0 Å². The maximum absolute atomic E-state index is 13.9. The van der Waals surface area contributed by atoms with Gasteiger partial charge in [-0.05, 0) is 18.7 Å². The van der Waals surface area contributed by atoms with Crippen LogP contribution in [0.3, 0.4) is 0 Å². The molecule has 0 aliphatic carbocycles. The van der Waals surface area contributed by atoms with E-state index in [1.807, 2.05) is 13.0 Å². The van der Waals surface area contributed by atoms with E-state index in [2.05, 4.69) is 10.4 Å². The molecule has 0 aliphatic rings. The molecule has 3 nitrogen and oxygen atoms in total. The smallest absolute Gasteiger partial charge is 0.194 e. The zero-order valence-corrected chi connectivity index (χ0v) is 11.3. The van der Waals surface area contributed by atoms with Crippen molar-refractivity contribution in [1.82, 2.24) is 15.1 Å². The zero-order chi connectivity index (χ0) is 14.7. The topological polar surface area (TPSA) is 29.9 Å². The van der Waals surface area contributed by atoms with E-state index in [0.717, 1.165) is 11.8 Å². The minimum Gasteiger partial charge on any atom is -0.310 e. The summed E-state index contributed by atoms with van der Waals surface area (Å²) in [7, 11) is 1.78. The summed E-state index contributed by atoms with van der Waals surface area (Å²) in [6.45, 7) is 2.44. The highest BCUT2D eigenvalue weighted by atomic mass is 19.2. The molecule has 1 heterocycles. The van der Waals surface area contributed by atoms with Gasteiger partial charge in [0.25, 0.3) is 0 Å². The fraction of sp³-hybridized carbons (Fsp3) is 0.357. The molecule has 0 radical (unpaired) electrons. The molecule has 20 heavy (non-hydrogen) atoms. The van der Waals surface area contributed by atoms with Crippen LogP contribution in [0.5, 0.6) is 0 Å². The molecule has 0 aliphatic heterocycles. The van der Waals surface area contributed by atoms with Crippen LogP contribution in [-0.2, 0) is 13.5 Å². The minimum absolute atomic E-state index is 0.108. The summed E-state index contributed by atoms with van der Waals surface area (Å²) in [6, 6.07) is 3.56. The largest absolute Gasteiger partial charge is 0.310 e. The third-order valence-corrected chi connectivity index (χ3v) is 3.07. The van der Waals surface area contributed by atoms with E-state index in [9.17, 15) is 13.2 Å². The molecule has 0 bridgehead atoms. The van der Waals surface area contributed by atoms with Gasteiger partial charge in [-0.25, -0.2) is 13.2 Å². The normalized spacial score (nSPS) is 12.7. The number of nitrogens with one attached hydrogen (secondary N) is 1. The van der Waals surface area contributed by atoms with E-state index in [0.29, 0.717) is 13.0 Å². The number of hydrogen-bond donors (Lipinski definition) is 1. The Hall–Kier alpha value is -1.82. The molecular formula is C14H16F3N3. The quantitative estimate of drug-likeness (QED) is 0.855. The number of likely N-dealkylation sites (N-methyl/N-ethyl adjacent to an activating group) is 1. The first-order valence-electron chi connectivity index (χ1n) is 6.38. The molecule has 1 N–H and O–H groups in total. The van der Waals surface area contributed by atoms with Crippen molar-refractivity contribution in [2.45, 2.75) is 19.4 Å². The Morgan fingerprint density at radius 3 is 2.55 bits per heavy atom. The molecular weight excluding hydrogens is 267 g/mol. The summed E-state index contributed by atoms with van der Waals surface area (Å²) >= 11 is 0. The van der Waals surface area contributed by atoms with Crippen molar-refractivity contribution in [1.29, 1.82) is 0 Å². The molecule has 1 atom stereocenters. The lowest BCUT2D eigenvalue weighted by atomic mass is 10.0. The van der Waals surface area contributed by atoms with Gasteiger partial charge in [0.1, 0.15) is 0 Å². The molecule has 0 amide bonds. The van der Waals surface area contributed by atoms with E-state index < -0.39 is 23.5 Å². The lowest BCUT2D eigenvalue weighted by Gasteiger charge is -2.18. The first-order chi connectivity index (χ1) is 9.52. The first kappa shape index (κ1) is 14.6. The van der Waals surface area contributed by atoms with Crippen LogP contribution in [0.2, 0.25) is 0 Å². The van der Waals surface area contributed by atoms with Gasteiger partial charge in [0, 0.05) is 31.3 Å². The second-order valence-electron chi connectivity index (χ2n) is 4.56. The number of benzene rings is 1. The molecule has 1 aromatic carbocycles. The summed E-state index contributed by atoms with van der Waals surface area (Å²) < 4.78 is 41.8. The van der Waals surface area contributed by atoms with Gasteiger partial charge in [0.05, 0.1) is 5.69 Å². The number of halogens is 3. The van der Waals surface area contributed by atoms with Gasteiger partial charge in [0.15, 0.2) is 17.5 Å². The molecule has 0 spiro atoms. The van der Waals surface area contributed by atoms with Crippen molar-refractivity contribution in [3.05, 3.63) is 53.1 Å². The van der Waals surface area contributed by atoms with E-state index in [4.69, 9.17) is 0 Å². The van der Waals surface area contributed by atoms with Crippen LogP contribution in [-0.4, -0.2) is 16.3 Å². The van der Waals surface area contributed by atoms with Gasteiger partial charge < -0.3 is 5.32 Å². The lowest BCUT2D eigenvalue weighted by molar-refractivity contribution is 0.424. The van der Waals surface area contributed by atoms with E-state index in [-0.39, 0.29) is 5.56 Å². The molecule has 108 valence electrons. The molecule has 1 unspecified atom stereocenters. The molecule has 6 heteroatoms. The lowest BCUT2D eigenvalue weighted by Crippen LogP contribution is -2.24. The van der Waals surface area contributed by atoms with Crippen LogP contribution in [0, 0.1) is 17.5 Å². The van der Waals surface area contributed by atoms with Gasteiger partial charge in [-0.2, -0.15) is 5.10 Å². The Kier molecular flexibility index (Phi) is 4.44. The molecule has 0 fully saturated rings. The predicted molar refractivity (Wildman–Crippen MR) is 69.6 cm³/mol. The summed E-state index contributed by atoms with van der Waals surface area (Å²) in [5.41, 5.74) is 0.860. The maximum Gasteiger partial charge on any atom is 0.194 e. The molecule has 0 saturated carbocycles. The average molecular weight is 283 g/mol. The predicted octanol–water partition coefficient (Wildman–Crippen LogP) is 2.73. The number of nitrogens with zero attached hydrogens (tertiary/aromatic N) is 2. The van der Waals surface area contributed by atoms with Crippen LogP contribution in [0.1, 0.15) is 24.2 Å². The van der Waals surface area contributed by atoms with Crippen molar-refractivity contribution in [3.63, 3.8) is 0 Å². The molecule has 1 aromatic heterocycles. The fourth-order valence-corrected chi connectivity index (χ4v) is 2.13. The average Bonchev–Trinajstić information content (AvgIpc) is 2.81. The number of rotatable bonds is 5. The first-order valence-corrected chi connectivity index (χ1v) is 6.38. The van der Waals surface area contributed by atoms with Gasteiger partial charge in [-0.15, -0.1) is 0 Å². The number of aromatic nitrogens is 2. The minimum atomic E-state index is -1.44. The van der Waals surface area contributed by atoms with Crippen LogP contribution < -0.4 is 5.32 Å². The second-order valence-corrected chi connectivity index (χ2v) is 4.56. The summed E-state index contributed by atoms with van der Waals surface area (Å²) in [5.74, 6) is -3.77. The Bertz CT molecular complexity index is 595. The summed E-state index contributed by atoms with van der Waals surface area (Å²) in [5, 5.41) is 7.28. The Balaban J connectivity index is 2.31. The highest BCUT2D eigenvalue weighted by molar-refractivity contribution is 5.25. The summed E-state index contributed by atoms with van der Waals surface area (Å²) in [4.78, 5) is 0. The maximum atomic E-state index is 13.9. The van der Waals surface area contributed by atoms with Gasteiger partial charge in [-0.1, -0.05) is 13.0 Å². The van der Waals surface area contributed by atoms with Crippen molar-refractivity contribution in [3.8, 4) is 0 Å². The van der Waals surface area contributed by atoms with Gasteiger partial charge >= 0.3 is 0 Å². The van der Waals surface area contributed by atoms with Crippen molar-refractivity contribution >= 4 is 0 Å². The Morgan fingerprint density at radius 2 is 1.95 bits per heavy atom. The number of hydrogen-bond acceptors (Lipinski definition) is 2.